The second kappa shape index (κ2) is 4.67. The molecule has 4 nitrogen and oxygen atoms in total. The SMILES string of the molecule is Cc1cc(NC(C)(CO)CO)c(N)cc1F. The molecule has 1 rings (SSSR count). The van der Waals surface area contributed by atoms with Crippen molar-refractivity contribution in [1.82, 2.24) is 0 Å². The molecule has 0 fully saturated rings. The molecule has 5 heteroatoms. The summed E-state index contributed by atoms with van der Waals surface area (Å²) in [6, 6.07) is 2.76. The molecule has 0 aliphatic carbocycles. The highest BCUT2D eigenvalue weighted by Crippen LogP contribution is 2.25. The van der Waals surface area contributed by atoms with E-state index in [2.05, 4.69) is 5.32 Å². The van der Waals surface area contributed by atoms with E-state index in [1.165, 1.54) is 6.07 Å². The lowest BCUT2D eigenvalue weighted by molar-refractivity contribution is 0.147. The first-order valence-corrected chi connectivity index (χ1v) is 4.97. The Bertz CT molecular complexity index is 378. The van der Waals surface area contributed by atoms with Crippen molar-refractivity contribution in [2.24, 2.45) is 0 Å². The summed E-state index contributed by atoms with van der Waals surface area (Å²) >= 11 is 0. The first-order valence-electron chi connectivity index (χ1n) is 4.97. The van der Waals surface area contributed by atoms with E-state index in [9.17, 15) is 4.39 Å². The fourth-order valence-electron chi connectivity index (χ4n) is 1.26. The normalized spacial score (nSPS) is 11.6. The monoisotopic (exact) mass is 228 g/mol. The van der Waals surface area contributed by atoms with Crippen molar-refractivity contribution in [3.63, 3.8) is 0 Å². The lowest BCUT2D eigenvalue weighted by Gasteiger charge is -2.28. The quantitative estimate of drug-likeness (QED) is 0.577. The molecule has 1 aromatic carbocycles. The molecular weight excluding hydrogens is 211 g/mol. The Morgan fingerprint density at radius 1 is 1.38 bits per heavy atom. The highest BCUT2D eigenvalue weighted by atomic mass is 19.1. The maximum atomic E-state index is 13.1. The van der Waals surface area contributed by atoms with Crippen LogP contribution in [-0.4, -0.2) is 29.0 Å². The summed E-state index contributed by atoms with van der Waals surface area (Å²) in [6.07, 6.45) is 0. The maximum absolute atomic E-state index is 13.1. The Balaban J connectivity index is 3.01. The number of hydrogen-bond acceptors (Lipinski definition) is 4. The van der Waals surface area contributed by atoms with Crippen LogP contribution in [0.25, 0.3) is 0 Å². The largest absolute Gasteiger partial charge is 0.397 e. The van der Waals surface area contributed by atoms with Gasteiger partial charge in [0.1, 0.15) is 5.82 Å². The Kier molecular flexibility index (Phi) is 3.72. The molecule has 0 amide bonds. The van der Waals surface area contributed by atoms with Crippen molar-refractivity contribution in [1.29, 1.82) is 0 Å². The van der Waals surface area contributed by atoms with E-state index >= 15 is 0 Å². The van der Waals surface area contributed by atoms with E-state index in [0.717, 1.165) is 0 Å². The second-order valence-electron chi connectivity index (χ2n) is 4.19. The molecular formula is C11H17FN2O2. The molecule has 0 radical (unpaired) electrons. The zero-order valence-corrected chi connectivity index (χ0v) is 9.42. The van der Waals surface area contributed by atoms with Gasteiger partial charge in [-0.3, -0.25) is 0 Å². The summed E-state index contributed by atoms with van der Waals surface area (Å²) < 4.78 is 13.1. The van der Waals surface area contributed by atoms with Crippen molar-refractivity contribution in [2.75, 3.05) is 24.3 Å². The first kappa shape index (κ1) is 12.7. The highest BCUT2D eigenvalue weighted by molar-refractivity contribution is 5.68. The van der Waals surface area contributed by atoms with Crippen LogP contribution in [0.1, 0.15) is 12.5 Å². The lowest BCUT2D eigenvalue weighted by atomic mass is 10.0. The molecule has 1 aromatic rings. The number of nitrogens with two attached hydrogens (primary N) is 1. The van der Waals surface area contributed by atoms with Gasteiger partial charge in [-0.25, -0.2) is 4.39 Å². The molecule has 16 heavy (non-hydrogen) atoms. The van der Waals surface area contributed by atoms with E-state index < -0.39 is 5.54 Å². The van der Waals surface area contributed by atoms with Crippen LogP contribution in [-0.2, 0) is 0 Å². The van der Waals surface area contributed by atoms with E-state index in [-0.39, 0.29) is 24.7 Å². The van der Waals surface area contributed by atoms with Crippen molar-refractivity contribution in [3.8, 4) is 0 Å². The van der Waals surface area contributed by atoms with Gasteiger partial charge in [-0.2, -0.15) is 0 Å². The van der Waals surface area contributed by atoms with E-state index in [1.807, 2.05) is 0 Å². The summed E-state index contributed by atoms with van der Waals surface area (Å²) in [4.78, 5) is 0. The second-order valence-corrected chi connectivity index (χ2v) is 4.19. The molecule has 0 saturated carbocycles. The number of nitrogens with one attached hydrogen (secondary N) is 1. The number of hydrogen-bond donors (Lipinski definition) is 4. The molecule has 5 N–H and O–H groups in total. The van der Waals surface area contributed by atoms with Gasteiger partial charge in [0.15, 0.2) is 0 Å². The summed E-state index contributed by atoms with van der Waals surface area (Å²) in [6.45, 7) is 2.76. The van der Waals surface area contributed by atoms with Gasteiger partial charge in [-0.15, -0.1) is 0 Å². The van der Waals surface area contributed by atoms with Gasteiger partial charge in [0.05, 0.1) is 30.1 Å². The number of rotatable bonds is 4. The lowest BCUT2D eigenvalue weighted by Crippen LogP contribution is -2.42. The first-order chi connectivity index (χ1) is 7.41. The van der Waals surface area contributed by atoms with Crippen molar-refractivity contribution in [3.05, 3.63) is 23.5 Å². The van der Waals surface area contributed by atoms with Gasteiger partial charge in [-0.1, -0.05) is 0 Å². The Labute approximate surface area is 93.9 Å². The molecule has 0 unspecified atom stereocenters. The van der Waals surface area contributed by atoms with Crippen molar-refractivity contribution < 1.29 is 14.6 Å². The molecule has 0 spiro atoms. The number of anilines is 2. The predicted octanol–water partition coefficient (Wildman–Crippen LogP) is 0.872. The third kappa shape index (κ3) is 2.62. The van der Waals surface area contributed by atoms with Crippen molar-refractivity contribution >= 4 is 11.4 Å². The minimum atomic E-state index is -0.877. The minimum Gasteiger partial charge on any atom is -0.397 e. The zero-order chi connectivity index (χ0) is 12.3. The molecule has 0 aliphatic heterocycles. The number of nitrogen functional groups attached to an aromatic ring is 1. The van der Waals surface area contributed by atoms with Crippen LogP contribution in [0, 0.1) is 12.7 Å². The Hall–Kier alpha value is -1.33. The standard InChI is InChI=1S/C11H17FN2O2/c1-7-3-10(9(13)4-8(7)12)14-11(2,5-15)6-16/h3-4,14-16H,5-6,13H2,1-2H3. The van der Waals surface area contributed by atoms with Gasteiger partial charge in [0, 0.05) is 0 Å². The van der Waals surface area contributed by atoms with Crippen LogP contribution in [0.5, 0.6) is 0 Å². The molecule has 90 valence electrons. The smallest absolute Gasteiger partial charge is 0.128 e. The zero-order valence-electron chi connectivity index (χ0n) is 9.42. The molecule has 0 aliphatic rings. The highest BCUT2D eigenvalue weighted by Gasteiger charge is 2.23. The predicted molar refractivity (Wildman–Crippen MR) is 61.7 cm³/mol. The van der Waals surface area contributed by atoms with E-state index in [1.54, 1.807) is 19.9 Å². The number of halogens is 1. The third-order valence-corrected chi connectivity index (χ3v) is 2.47. The number of aryl methyl sites for hydroxylation is 1. The Morgan fingerprint density at radius 2 is 1.94 bits per heavy atom. The van der Waals surface area contributed by atoms with Crippen LogP contribution in [0.3, 0.4) is 0 Å². The van der Waals surface area contributed by atoms with Gasteiger partial charge in [0.25, 0.3) is 0 Å². The molecule has 0 bridgehead atoms. The average Bonchev–Trinajstić information content (AvgIpc) is 2.25. The Morgan fingerprint density at radius 3 is 2.44 bits per heavy atom. The van der Waals surface area contributed by atoms with Gasteiger partial charge in [0.2, 0.25) is 0 Å². The van der Waals surface area contributed by atoms with Gasteiger partial charge < -0.3 is 21.3 Å². The number of aliphatic hydroxyl groups is 2. The van der Waals surface area contributed by atoms with E-state index in [0.29, 0.717) is 11.3 Å². The maximum Gasteiger partial charge on any atom is 0.128 e. The summed E-state index contributed by atoms with van der Waals surface area (Å²) in [5.74, 6) is -0.377. The topological polar surface area (TPSA) is 78.5 Å². The van der Waals surface area contributed by atoms with Crippen LogP contribution in [0.4, 0.5) is 15.8 Å². The van der Waals surface area contributed by atoms with Crippen LogP contribution in [0.2, 0.25) is 0 Å². The average molecular weight is 228 g/mol. The van der Waals surface area contributed by atoms with Crippen molar-refractivity contribution in [2.45, 2.75) is 19.4 Å². The number of benzene rings is 1. The fraction of sp³-hybridized carbons (Fsp3) is 0.455. The summed E-state index contributed by atoms with van der Waals surface area (Å²) in [5, 5.41) is 21.1. The van der Waals surface area contributed by atoms with Crippen LogP contribution in [0.15, 0.2) is 12.1 Å². The molecule has 0 heterocycles. The van der Waals surface area contributed by atoms with Crippen LogP contribution >= 0.6 is 0 Å². The third-order valence-electron chi connectivity index (χ3n) is 2.47. The summed E-state index contributed by atoms with van der Waals surface area (Å²) in [5.41, 5.74) is 5.97. The molecule has 0 aromatic heterocycles. The molecule has 0 saturated heterocycles. The fourth-order valence-corrected chi connectivity index (χ4v) is 1.26. The van der Waals surface area contributed by atoms with E-state index in [4.69, 9.17) is 15.9 Å². The minimum absolute atomic E-state index is 0.247. The summed E-state index contributed by atoms with van der Waals surface area (Å²) in [7, 11) is 0. The van der Waals surface area contributed by atoms with Crippen LogP contribution < -0.4 is 11.1 Å². The van der Waals surface area contributed by atoms with Gasteiger partial charge in [-0.05, 0) is 31.5 Å². The number of aliphatic hydroxyl groups excluding tert-OH is 2. The van der Waals surface area contributed by atoms with Gasteiger partial charge >= 0.3 is 0 Å². The molecule has 0 atom stereocenters.